The first-order chi connectivity index (χ1) is 7.08. The van der Waals surface area contributed by atoms with E-state index in [2.05, 4.69) is 46.6 Å². The summed E-state index contributed by atoms with van der Waals surface area (Å²) < 4.78 is 0. The van der Waals surface area contributed by atoms with Crippen LogP contribution in [0.15, 0.2) is 0 Å². The fraction of sp³-hybridized carbons (Fsp3) is 1.00. The van der Waals surface area contributed by atoms with Gasteiger partial charge in [0, 0.05) is 22.5 Å². The van der Waals surface area contributed by atoms with Gasteiger partial charge >= 0.3 is 0 Å². The van der Waals surface area contributed by atoms with Crippen molar-refractivity contribution in [2.75, 3.05) is 0 Å². The van der Waals surface area contributed by atoms with Gasteiger partial charge in [0.2, 0.25) is 0 Å². The maximum absolute atomic E-state index is 6.11. The molecule has 0 atom stereocenters. The van der Waals surface area contributed by atoms with Gasteiger partial charge < -0.3 is 0 Å². The number of hydrogen-bond donors (Lipinski definition) is 1. The first-order valence-corrected chi connectivity index (χ1v) is 9.26. The molecule has 1 aliphatic carbocycles. The van der Waals surface area contributed by atoms with Crippen molar-refractivity contribution in [3.8, 4) is 0 Å². The van der Waals surface area contributed by atoms with Crippen molar-refractivity contribution in [3.63, 3.8) is 0 Å². The van der Waals surface area contributed by atoms with Crippen LogP contribution in [0.5, 0.6) is 0 Å². The lowest BCUT2D eigenvalue weighted by molar-refractivity contribution is 0.604. The van der Waals surface area contributed by atoms with Crippen LogP contribution in [0, 0.1) is 0 Å². The predicted octanol–water partition coefficient (Wildman–Crippen LogP) is 4.51. The molecule has 1 N–H and O–H groups in total. The van der Waals surface area contributed by atoms with E-state index in [1.165, 1.54) is 25.7 Å². The molecule has 1 nitrogen and oxygen atoms in total. The van der Waals surface area contributed by atoms with Crippen LogP contribution in [-0.4, -0.2) is 16.4 Å². The highest BCUT2D eigenvalue weighted by Gasteiger charge is 2.42. The van der Waals surface area contributed by atoms with Crippen LogP contribution in [0.25, 0.3) is 0 Å². The average molecular weight is 261 g/mol. The summed E-state index contributed by atoms with van der Waals surface area (Å²) in [7, 11) is 0. The molecule has 0 saturated heterocycles. The fourth-order valence-corrected chi connectivity index (χ4v) is 6.71. The summed E-state index contributed by atoms with van der Waals surface area (Å²) in [6, 6.07) is 0.685. The van der Waals surface area contributed by atoms with Crippen LogP contribution in [0.3, 0.4) is 0 Å². The topological polar surface area (TPSA) is 12.0 Å². The summed E-state index contributed by atoms with van der Waals surface area (Å²) in [5, 5.41) is 4.32. The van der Waals surface area contributed by atoms with Gasteiger partial charge in [-0.2, -0.15) is 0 Å². The van der Waals surface area contributed by atoms with Gasteiger partial charge in [0.25, 0.3) is 0 Å². The third-order valence-electron chi connectivity index (χ3n) is 3.61. The molecule has 0 aromatic heterocycles. The van der Waals surface area contributed by atoms with E-state index in [0.29, 0.717) is 6.04 Å². The zero-order valence-corrected chi connectivity index (χ0v) is 13.5. The molecule has 0 bridgehead atoms. The first-order valence-electron chi connectivity index (χ1n) is 6.46. The molecular formula is C13H28NPS. The fourth-order valence-electron chi connectivity index (χ4n) is 2.71. The minimum Gasteiger partial charge on any atom is -0.285 e. The Bertz CT molecular complexity index is 261. The van der Waals surface area contributed by atoms with Gasteiger partial charge in [-0.15, -0.1) is 0 Å². The van der Waals surface area contributed by atoms with E-state index < -0.39 is 6.19 Å². The van der Waals surface area contributed by atoms with E-state index in [0.717, 1.165) is 0 Å². The quantitative estimate of drug-likeness (QED) is 0.734. The SMILES string of the molecule is CC(C)(C)P(=S)(NC1CCCC1)C(C)(C)C. The van der Waals surface area contributed by atoms with Crippen LogP contribution < -0.4 is 5.09 Å². The molecule has 0 spiro atoms. The Morgan fingerprint density at radius 2 is 1.31 bits per heavy atom. The summed E-state index contributed by atoms with van der Waals surface area (Å²) in [6.45, 7) is 13.8. The Hall–Kier alpha value is 0.610. The molecule has 16 heavy (non-hydrogen) atoms. The van der Waals surface area contributed by atoms with Gasteiger partial charge in [0.05, 0.1) is 0 Å². The van der Waals surface area contributed by atoms with E-state index in [1.807, 2.05) is 0 Å². The molecule has 0 heterocycles. The standard InChI is InChI=1S/C13H28NPS/c1-12(2,3)15(16,13(4,5)6)14-11-9-7-8-10-11/h11H,7-10H2,1-6H3,(H,14,16). The highest BCUT2D eigenvalue weighted by atomic mass is 32.4. The minimum atomic E-state index is -1.55. The lowest BCUT2D eigenvalue weighted by Crippen LogP contribution is -2.40. The van der Waals surface area contributed by atoms with Gasteiger partial charge in [-0.1, -0.05) is 66.2 Å². The first kappa shape index (κ1) is 14.7. The van der Waals surface area contributed by atoms with Crippen molar-refractivity contribution in [1.29, 1.82) is 0 Å². The van der Waals surface area contributed by atoms with E-state index in [9.17, 15) is 0 Å². The van der Waals surface area contributed by atoms with Crippen molar-refractivity contribution in [3.05, 3.63) is 0 Å². The van der Waals surface area contributed by atoms with Gasteiger partial charge in [-0.05, 0) is 12.8 Å². The molecule has 1 saturated carbocycles. The van der Waals surface area contributed by atoms with Crippen LogP contribution in [0.4, 0.5) is 0 Å². The van der Waals surface area contributed by atoms with Crippen LogP contribution in [0.1, 0.15) is 67.2 Å². The Kier molecular flexibility index (Phi) is 4.31. The monoisotopic (exact) mass is 261 g/mol. The summed E-state index contributed by atoms with van der Waals surface area (Å²) in [5.74, 6) is 0. The van der Waals surface area contributed by atoms with Crippen molar-refractivity contribution < 1.29 is 0 Å². The molecule has 0 radical (unpaired) electrons. The molecule has 1 fully saturated rings. The lowest BCUT2D eigenvalue weighted by Gasteiger charge is -2.47. The van der Waals surface area contributed by atoms with E-state index >= 15 is 0 Å². The maximum Gasteiger partial charge on any atom is 0.0229 e. The molecule has 1 rings (SSSR count). The molecular weight excluding hydrogens is 233 g/mol. The number of nitrogens with one attached hydrogen (secondary N) is 1. The molecule has 1 aliphatic rings. The number of hydrogen-bond acceptors (Lipinski definition) is 1. The molecule has 96 valence electrons. The zero-order chi connectivity index (χ0) is 12.6. The maximum atomic E-state index is 6.11. The molecule has 0 unspecified atom stereocenters. The smallest absolute Gasteiger partial charge is 0.0229 e. The highest BCUT2D eigenvalue weighted by molar-refractivity contribution is 8.15. The van der Waals surface area contributed by atoms with Crippen LogP contribution in [-0.2, 0) is 11.8 Å². The van der Waals surface area contributed by atoms with Crippen molar-refractivity contribution in [1.82, 2.24) is 5.09 Å². The summed E-state index contributed by atoms with van der Waals surface area (Å²) in [4.78, 5) is 0. The van der Waals surface area contributed by atoms with Crippen molar-refractivity contribution in [2.24, 2.45) is 0 Å². The Morgan fingerprint density at radius 1 is 0.938 bits per heavy atom. The van der Waals surface area contributed by atoms with Crippen LogP contribution in [0.2, 0.25) is 0 Å². The van der Waals surface area contributed by atoms with E-state index in [4.69, 9.17) is 11.8 Å². The second-order valence-electron chi connectivity index (χ2n) is 7.06. The lowest BCUT2D eigenvalue weighted by atomic mass is 10.2. The summed E-state index contributed by atoms with van der Waals surface area (Å²) >= 11 is 6.11. The van der Waals surface area contributed by atoms with Crippen molar-refractivity contribution in [2.45, 2.75) is 83.6 Å². The summed E-state index contributed by atoms with van der Waals surface area (Å²) in [5.41, 5.74) is 0. The van der Waals surface area contributed by atoms with Gasteiger partial charge in [0.1, 0.15) is 0 Å². The molecule has 3 heteroatoms. The summed E-state index contributed by atoms with van der Waals surface area (Å²) in [6.07, 6.45) is 3.85. The molecule has 0 amide bonds. The number of rotatable bonds is 2. The zero-order valence-electron chi connectivity index (χ0n) is 11.8. The van der Waals surface area contributed by atoms with Crippen molar-refractivity contribution >= 4 is 18.0 Å². The second-order valence-corrected chi connectivity index (χ2v) is 12.9. The van der Waals surface area contributed by atoms with E-state index in [-0.39, 0.29) is 10.3 Å². The molecule has 0 aromatic rings. The highest BCUT2D eigenvalue weighted by Crippen LogP contribution is 2.64. The normalized spacial score (nSPS) is 20.4. The van der Waals surface area contributed by atoms with Gasteiger partial charge in [0.15, 0.2) is 0 Å². The predicted molar refractivity (Wildman–Crippen MR) is 79.2 cm³/mol. The largest absolute Gasteiger partial charge is 0.285 e. The van der Waals surface area contributed by atoms with Crippen LogP contribution >= 0.6 is 6.19 Å². The second kappa shape index (κ2) is 4.71. The minimum absolute atomic E-state index is 0.211. The third kappa shape index (κ3) is 2.89. The Morgan fingerprint density at radius 3 is 1.62 bits per heavy atom. The molecule has 0 aliphatic heterocycles. The Labute approximate surface area is 107 Å². The molecule has 0 aromatic carbocycles. The average Bonchev–Trinajstić information content (AvgIpc) is 2.52. The van der Waals surface area contributed by atoms with Gasteiger partial charge in [-0.3, -0.25) is 5.09 Å². The Balaban J connectivity index is 2.92. The van der Waals surface area contributed by atoms with E-state index in [1.54, 1.807) is 0 Å². The third-order valence-corrected chi connectivity index (χ3v) is 11.7. The van der Waals surface area contributed by atoms with Gasteiger partial charge in [-0.25, -0.2) is 0 Å².